The van der Waals surface area contributed by atoms with Gasteiger partial charge in [0.25, 0.3) is 0 Å². The molecule has 1 aromatic heterocycles. The van der Waals surface area contributed by atoms with Crippen LogP contribution in [0.1, 0.15) is 12.8 Å². The van der Waals surface area contributed by atoms with Crippen LogP contribution in [0.15, 0.2) is 48.5 Å². The number of nitrogens with one attached hydrogen (secondary N) is 2. The van der Waals surface area contributed by atoms with Gasteiger partial charge >= 0.3 is 0 Å². The Hall–Kier alpha value is -3.19. The van der Waals surface area contributed by atoms with E-state index in [-0.39, 0.29) is 24.3 Å². The summed E-state index contributed by atoms with van der Waals surface area (Å²) >= 11 is 0. The Labute approximate surface area is 162 Å². The molecule has 4 N–H and O–H groups in total. The van der Waals surface area contributed by atoms with Crippen LogP contribution in [0, 0.1) is 5.92 Å². The van der Waals surface area contributed by atoms with Crippen LogP contribution in [0.2, 0.25) is 0 Å². The zero-order valence-corrected chi connectivity index (χ0v) is 15.5. The van der Waals surface area contributed by atoms with E-state index >= 15 is 0 Å². The maximum absolute atomic E-state index is 12.5. The van der Waals surface area contributed by atoms with Gasteiger partial charge in [0.05, 0.1) is 17.6 Å². The first-order chi connectivity index (χ1) is 13.6. The molecule has 4 rings (SSSR count). The summed E-state index contributed by atoms with van der Waals surface area (Å²) in [5.41, 5.74) is 8.89. The van der Waals surface area contributed by atoms with Crippen LogP contribution in [0.5, 0.6) is 0 Å². The van der Waals surface area contributed by atoms with Gasteiger partial charge in [0, 0.05) is 17.2 Å². The van der Waals surface area contributed by atoms with E-state index in [9.17, 15) is 9.59 Å². The number of primary amides is 1. The van der Waals surface area contributed by atoms with E-state index in [4.69, 9.17) is 5.73 Å². The number of hydrogen-bond donors (Lipinski definition) is 3. The fraction of sp³-hybridized carbons (Fsp3) is 0.286. The van der Waals surface area contributed by atoms with Crippen LogP contribution in [0.3, 0.4) is 0 Å². The lowest BCUT2D eigenvalue weighted by molar-refractivity contribution is -0.122. The van der Waals surface area contributed by atoms with Crippen LogP contribution in [0.25, 0.3) is 22.4 Å². The molecule has 0 saturated carbocycles. The minimum absolute atomic E-state index is 0.0233. The monoisotopic (exact) mass is 377 g/mol. The van der Waals surface area contributed by atoms with Crippen molar-refractivity contribution in [2.45, 2.75) is 12.8 Å². The summed E-state index contributed by atoms with van der Waals surface area (Å²) in [6.45, 7) is 1.69. The molecule has 2 aromatic carbocycles. The van der Waals surface area contributed by atoms with Crippen molar-refractivity contribution >= 4 is 28.5 Å². The largest absolute Gasteiger partial charge is 0.369 e. The van der Waals surface area contributed by atoms with Crippen molar-refractivity contribution < 1.29 is 9.59 Å². The number of piperidine rings is 1. The average molecular weight is 377 g/mol. The SMILES string of the molecule is NC(=O)CN1CCC(C(=O)Nc2ccc(-c3nc4ccccc4[nH]3)cc2)CC1. The molecule has 2 amide bonds. The normalized spacial score (nSPS) is 15.6. The molecular weight excluding hydrogens is 354 g/mol. The first-order valence-electron chi connectivity index (χ1n) is 9.45. The Morgan fingerprint density at radius 1 is 1.11 bits per heavy atom. The van der Waals surface area contributed by atoms with Crippen LogP contribution in [-0.4, -0.2) is 46.3 Å². The predicted molar refractivity (Wildman–Crippen MR) is 109 cm³/mol. The number of imidazole rings is 1. The first-order valence-corrected chi connectivity index (χ1v) is 9.45. The lowest BCUT2D eigenvalue weighted by atomic mass is 9.95. The Balaban J connectivity index is 1.37. The third-order valence-corrected chi connectivity index (χ3v) is 5.15. The van der Waals surface area contributed by atoms with Gasteiger partial charge in [-0.15, -0.1) is 0 Å². The number of anilines is 1. The summed E-state index contributed by atoms with van der Waals surface area (Å²) in [4.78, 5) is 33.4. The third kappa shape index (κ3) is 4.04. The number of carbonyl (C=O) groups excluding carboxylic acids is 2. The van der Waals surface area contributed by atoms with E-state index in [0.717, 1.165) is 41.0 Å². The highest BCUT2D eigenvalue weighted by Gasteiger charge is 2.25. The van der Waals surface area contributed by atoms with Gasteiger partial charge in [-0.3, -0.25) is 14.5 Å². The summed E-state index contributed by atoms with van der Waals surface area (Å²) in [5.74, 6) is 0.461. The molecule has 7 heteroatoms. The highest BCUT2D eigenvalue weighted by Crippen LogP contribution is 2.23. The third-order valence-electron chi connectivity index (χ3n) is 5.15. The molecule has 1 aliphatic rings. The van der Waals surface area contributed by atoms with Gasteiger partial charge in [0.15, 0.2) is 0 Å². The molecule has 0 radical (unpaired) electrons. The fourth-order valence-electron chi connectivity index (χ4n) is 3.62. The Bertz CT molecular complexity index is 954. The van der Waals surface area contributed by atoms with Gasteiger partial charge in [-0.25, -0.2) is 4.98 Å². The smallest absolute Gasteiger partial charge is 0.231 e. The van der Waals surface area contributed by atoms with Crippen molar-refractivity contribution in [2.75, 3.05) is 25.0 Å². The molecule has 7 nitrogen and oxygen atoms in total. The van der Waals surface area contributed by atoms with Gasteiger partial charge in [0.2, 0.25) is 11.8 Å². The van der Waals surface area contributed by atoms with Gasteiger partial charge in [-0.2, -0.15) is 0 Å². The Morgan fingerprint density at radius 3 is 2.50 bits per heavy atom. The zero-order valence-electron chi connectivity index (χ0n) is 15.5. The van der Waals surface area contributed by atoms with Gasteiger partial charge in [-0.05, 0) is 62.3 Å². The van der Waals surface area contributed by atoms with Crippen LogP contribution in [0.4, 0.5) is 5.69 Å². The summed E-state index contributed by atoms with van der Waals surface area (Å²) in [6.07, 6.45) is 1.46. The topological polar surface area (TPSA) is 104 Å². The first kappa shape index (κ1) is 18.2. The molecule has 1 aliphatic heterocycles. The Kier molecular flexibility index (Phi) is 5.08. The molecule has 28 heavy (non-hydrogen) atoms. The van der Waals surface area contributed by atoms with Crippen LogP contribution < -0.4 is 11.1 Å². The Morgan fingerprint density at radius 2 is 1.82 bits per heavy atom. The van der Waals surface area contributed by atoms with E-state index < -0.39 is 0 Å². The van der Waals surface area contributed by atoms with Crippen molar-refractivity contribution in [3.8, 4) is 11.4 Å². The molecular formula is C21H23N5O2. The van der Waals surface area contributed by atoms with Gasteiger partial charge < -0.3 is 16.0 Å². The number of aromatic nitrogens is 2. The van der Waals surface area contributed by atoms with E-state index in [0.29, 0.717) is 13.1 Å². The number of benzene rings is 2. The minimum atomic E-state index is -0.326. The molecule has 0 aliphatic carbocycles. The number of likely N-dealkylation sites (tertiary alicyclic amines) is 1. The molecule has 1 saturated heterocycles. The average Bonchev–Trinajstić information content (AvgIpc) is 3.13. The number of carbonyl (C=O) groups is 2. The van der Waals surface area contributed by atoms with Crippen molar-refractivity contribution in [1.29, 1.82) is 0 Å². The summed E-state index contributed by atoms with van der Waals surface area (Å²) in [6, 6.07) is 15.6. The second kappa shape index (κ2) is 7.82. The van der Waals surface area contributed by atoms with Crippen LogP contribution in [-0.2, 0) is 9.59 Å². The summed E-state index contributed by atoms with van der Waals surface area (Å²) < 4.78 is 0. The molecule has 2 heterocycles. The number of rotatable bonds is 5. The summed E-state index contributed by atoms with van der Waals surface area (Å²) in [7, 11) is 0. The standard InChI is InChI=1S/C21H23N5O2/c22-19(27)13-26-11-9-15(10-12-26)21(28)23-16-7-5-14(6-8-16)20-24-17-3-1-2-4-18(17)25-20/h1-8,15H,9-13H2,(H2,22,27)(H,23,28)(H,24,25). The molecule has 0 unspecified atom stereocenters. The van der Waals surface area contributed by atoms with Gasteiger partial charge in [-0.1, -0.05) is 12.1 Å². The fourth-order valence-corrected chi connectivity index (χ4v) is 3.62. The molecule has 0 bridgehead atoms. The molecule has 0 spiro atoms. The lowest BCUT2D eigenvalue weighted by Crippen LogP contribution is -2.42. The number of aromatic amines is 1. The van der Waals surface area contributed by atoms with E-state index in [1.807, 2.05) is 53.4 Å². The zero-order chi connectivity index (χ0) is 19.5. The number of amides is 2. The number of fused-ring (bicyclic) bond motifs is 1. The van der Waals surface area contributed by atoms with Crippen molar-refractivity contribution in [3.63, 3.8) is 0 Å². The van der Waals surface area contributed by atoms with Crippen molar-refractivity contribution in [3.05, 3.63) is 48.5 Å². The maximum atomic E-state index is 12.5. The van der Waals surface area contributed by atoms with Crippen molar-refractivity contribution in [1.82, 2.24) is 14.9 Å². The number of nitrogens with zero attached hydrogens (tertiary/aromatic N) is 2. The van der Waals surface area contributed by atoms with Crippen LogP contribution >= 0.6 is 0 Å². The maximum Gasteiger partial charge on any atom is 0.231 e. The molecule has 1 fully saturated rings. The second-order valence-electron chi connectivity index (χ2n) is 7.19. The molecule has 144 valence electrons. The highest BCUT2D eigenvalue weighted by atomic mass is 16.2. The number of nitrogens with two attached hydrogens (primary N) is 1. The minimum Gasteiger partial charge on any atom is -0.369 e. The van der Waals surface area contributed by atoms with E-state index in [2.05, 4.69) is 15.3 Å². The molecule has 3 aromatic rings. The van der Waals surface area contributed by atoms with Crippen molar-refractivity contribution in [2.24, 2.45) is 11.7 Å². The number of hydrogen-bond acceptors (Lipinski definition) is 4. The van der Waals surface area contributed by atoms with E-state index in [1.165, 1.54) is 0 Å². The van der Waals surface area contributed by atoms with E-state index in [1.54, 1.807) is 0 Å². The molecule has 0 atom stereocenters. The quantitative estimate of drug-likeness (QED) is 0.635. The summed E-state index contributed by atoms with van der Waals surface area (Å²) in [5, 5.41) is 2.99. The predicted octanol–water partition coefficient (Wildman–Crippen LogP) is 2.37. The number of H-pyrrole nitrogens is 1. The highest BCUT2D eigenvalue weighted by molar-refractivity contribution is 5.93. The number of para-hydroxylation sites is 2. The lowest BCUT2D eigenvalue weighted by Gasteiger charge is -2.30. The van der Waals surface area contributed by atoms with Gasteiger partial charge in [0.1, 0.15) is 5.82 Å². The second-order valence-corrected chi connectivity index (χ2v) is 7.19.